The maximum absolute atomic E-state index is 12.6. The number of benzene rings is 2. The molecule has 2 aromatic heterocycles. The van der Waals surface area contributed by atoms with Gasteiger partial charge in [0.05, 0.1) is 24.5 Å². The first-order valence-electron chi connectivity index (χ1n) is 12.3. The zero-order valence-electron chi connectivity index (χ0n) is 20.7. The molecule has 0 fully saturated rings. The minimum absolute atomic E-state index is 0.152. The van der Waals surface area contributed by atoms with E-state index < -0.39 is 6.36 Å². The van der Waals surface area contributed by atoms with E-state index in [1.54, 1.807) is 24.7 Å². The Balaban J connectivity index is 1.13. The molecule has 4 N–H and O–H groups in total. The summed E-state index contributed by atoms with van der Waals surface area (Å²) in [5.41, 5.74) is 4.94. The minimum atomic E-state index is -4.76. The first-order valence-corrected chi connectivity index (χ1v) is 12.3. The number of nitrogens with zero attached hydrogens (tertiary/aromatic N) is 2. The fourth-order valence-electron chi connectivity index (χ4n) is 4.05. The molecule has 2 aromatic carbocycles. The summed E-state index contributed by atoms with van der Waals surface area (Å²) >= 11 is 0. The van der Waals surface area contributed by atoms with Gasteiger partial charge in [0.15, 0.2) is 0 Å². The van der Waals surface area contributed by atoms with E-state index in [0.29, 0.717) is 44.0 Å². The molecule has 204 valence electrons. The van der Waals surface area contributed by atoms with Crippen molar-refractivity contribution in [1.29, 1.82) is 0 Å². The molecule has 0 radical (unpaired) electrons. The molecule has 0 aliphatic rings. The van der Waals surface area contributed by atoms with Crippen LogP contribution >= 0.6 is 0 Å². The lowest BCUT2D eigenvalue weighted by atomic mass is 10.1. The number of aliphatic hydroxyl groups is 1. The second kappa shape index (κ2) is 13.3. The van der Waals surface area contributed by atoms with Crippen LogP contribution in [-0.2, 0) is 17.7 Å². The van der Waals surface area contributed by atoms with Crippen molar-refractivity contribution in [2.75, 3.05) is 38.2 Å². The molecule has 0 bridgehead atoms. The van der Waals surface area contributed by atoms with E-state index in [2.05, 4.69) is 30.7 Å². The Kier molecular flexibility index (Phi) is 9.57. The third kappa shape index (κ3) is 8.20. The molecular weight excluding hydrogens is 503 g/mol. The molecule has 0 spiro atoms. The van der Waals surface area contributed by atoms with Crippen molar-refractivity contribution < 1.29 is 32.3 Å². The second-order valence-corrected chi connectivity index (χ2v) is 8.70. The van der Waals surface area contributed by atoms with Crippen LogP contribution in [0.15, 0.2) is 53.5 Å². The van der Waals surface area contributed by atoms with Crippen LogP contribution in [0.25, 0.3) is 22.0 Å². The number of nitrogens with one attached hydrogen (secondary N) is 3. The zero-order valence-corrected chi connectivity index (χ0v) is 20.7. The molecule has 0 amide bonds. The number of aromatic nitrogens is 3. The van der Waals surface area contributed by atoms with Gasteiger partial charge in [-0.15, -0.1) is 13.2 Å². The fraction of sp³-hybridized carbons (Fsp3) is 0.385. The van der Waals surface area contributed by atoms with Crippen molar-refractivity contribution in [2.45, 2.75) is 32.2 Å². The lowest BCUT2D eigenvalue weighted by Crippen LogP contribution is -2.18. The Morgan fingerprint density at radius 2 is 1.84 bits per heavy atom. The van der Waals surface area contributed by atoms with E-state index in [-0.39, 0.29) is 18.8 Å². The maximum atomic E-state index is 12.6. The number of unbranched alkanes of at least 4 members (excludes halogenated alkanes) is 1. The van der Waals surface area contributed by atoms with Crippen LogP contribution in [0.2, 0.25) is 0 Å². The number of halogens is 3. The summed E-state index contributed by atoms with van der Waals surface area (Å²) in [5, 5.41) is 27.6. The van der Waals surface area contributed by atoms with Crippen LogP contribution in [-0.4, -0.2) is 59.7 Å². The molecule has 0 saturated heterocycles. The van der Waals surface area contributed by atoms with Gasteiger partial charge in [0.1, 0.15) is 12.0 Å². The van der Waals surface area contributed by atoms with E-state index in [4.69, 9.17) is 14.4 Å². The first kappa shape index (κ1) is 27.4. The summed E-state index contributed by atoms with van der Waals surface area (Å²) in [4.78, 5) is 0. The van der Waals surface area contributed by atoms with Gasteiger partial charge in [-0.2, -0.15) is 5.10 Å². The topological polar surface area (TPSA) is 117 Å². The van der Waals surface area contributed by atoms with Gasteiger partial charge < -0.3 is 29.7 Å². The lowest BCUT2D eigenvalue weighted by molar-refractivity contribution is -0.274. The average molecular weight is 534 g/mol. The summed E-state index contributed by atoms with van der Waals surface area (Å²) in [6, 6.07) is 8.43. The number of alkyl halides is 3. The number of hydrogen-bond acceptors (Lipinski definition) is 8. The summed E-state index contributed by atoms with van der Waals surface area (Å²) in [7, 11) is 0. The highest BCUT2D eigenvalue weighted by atomic mass is 19.4. The molecule has 38 heavy (non-hydrogen) atoms. The molecule has 0 unspecified atom stereocenters. The smallest absolute Gasteiger partial charge is 0.406 e. The molecule has 2 heterocycles. The Bertz CT molecular complexity index is 1280. The van der Waals surface area contributed by atoms with Crippen LogP contribution in [0.4, 0.5) is 18.9 Å². The molecule has 4 aromatic rings. The second-order valence-electron chi connectivity index (χ2n) is 8.70. The Morgan fingerprint density at radius 3 is 2.63 bits per heavy atom. The van der Waals surface area contributed by atoms with Crippen molar-refractivity contribution in [3.8, 4) is 16.9 Å². The van der Waals surface area contributed by atoms with Crippen molar-refractivity contribution in [3.05, 3.63) is 60.1 Å². The SMILES string of the molecule is OCCc1cc(CNCCCCOCCNc2cc(-c3cnoc3)cc3[nH]ncc23)cc(OC(F)(F)F)c1. The molecule has 9 nitrogen and oxygen atoms in total. The van der Waals surface area contributed by atoms with Gasteiger partial charge in [-0.05, 0) is 66.8 Å². The van der Waals surface area contributed by atoms with Gasteiger partial charge in [0.2, 0.25) is 0 Å². The van der Waals surface area contributed by atoms with Crippen LogP contribution in [0.1, 0.15) is 24.0 Å². The number of aromatic amines is 1. The van der Waals surface area contributed by atoms with E-state index >= 15 is 0 Å². The normalized spacial score (nSPS) is 11.8. The summed E-state index contributed by atoms with van der Waals surface area (Å²) in [5.74, 6) is -0.277. The molecule has 12 heteroatoms. The van der Waals surface area contributed by atoms with E-state index in [1.807, 2.05) is 12.1 Å². The Hall–Kier alpha value is -3.61. The number of aliphatic hydroxyl groups excluding tert-OH is 1. The quantitative estimate of drug-likeness (QED) is 0.163. The standard InChI is InChI=1S/C26H30F3N5O4/c27-26(28,29)38-22-10-18(3-6-35)9-19(11-22)14-30-4-1-2-7-36-8-5-31-24-12-20(21-15-33-37-17-21)13-25-23(24)16-32-34-25/h9-13,15-17,30-31,35H,1-8,14H2,(H,32,34). The average Bonchev–Trinajstić information content (AvgIpc) is 3.56. The van der Waals surface area contributed by atoms with Crippen molar-refractivity contribution in [1.82, 2.24) is 20.7 Å². The third-order valence-electron chi connectivity index (χ3n) is 5.77. The summed E-state index contributed by atoms with van der Waals surface area (Å²) < 4.78 is 52.5. The highest BCUT2D eigenvalue weighted by Gasteiger charge is 2.31. The van der Waals surface area contributed by atoms with Crippen LogP contribution in [0, 0.1) is 0 Å². The molecule has 0 saturated carbocycles. The van der Waals surface area contributed by atoms with E-state index in [1.165, 1.54) is 12.1 Å². The summed E-state index contributed by atoms with van der Waals surface area (Å²) in [6.07, 6.45) is 2.22. The van der Waals surface area contributed by atoms with Crippen molar-refractivity contribution in [3.63, 3.8) is 0 Å². The number of anilines is 1. The molecular formula is C26H30F3N5O4. The monoisotopic (exact) mass is 533 g/mol. The molecule has 0 aliphatic heterocycles. The number of fused-ring (bicyclic) bond motifs is 1. The van der Waals surface area contributed by atoms with E-state index in [0.717, 1.165) is 40.6 Å². The number of hydrogen-bond donors (Lipinski definition) is 4. The van der Waals surface area contributed by atoms with Gasteiger partial charge >= 0.3 is 6.36 Å². The van der Waals surface area contributed by atoms with Crippen LogP contribution in [0.5, 0.6) is 5.75 Å². The van der Waals surface area contributed by atoms with Gasteiger partial charge in [0.25, 0.3) is 0 Å². The van der Waals surface area contributed by atoms with Crippen LogP contribution in [0.3, 0.4) is 0 Å². The first-order chi connectivity index (χ1) is 18.4. The largest absolute Gasteiger partial charge is 0.573 e. The number of H-pyrrole nitrogens is 1. The van der Waals surface area contributed by atoms with Gasteiger partial charge in [-0.25, -0.2) is 0 Å². The van der Waals surface area contributed by atoms with Gasteiger partial charge in [-0.1, -0.05) is 11.2 Å². The molecule has 4 rings (SSSR count). The van der Waals surface area contributed by atoms with Gasteiger partial charge in [-0.3, -0.25) is 5.10 Å². The zero-order chi connectivity index (χ0) is 26.8. The van der Waals surface area contributed by atoms with Gasteiger partial charge in [0, 0.05) is 42.9 Å². The molecule has 0 atom stereocenters. The number of rotatable bonds is 15. The highest BCUT2D eigenvalue weighted by Crippen LogP contribution is 2.30. The van der Waals surface area contributed by atoms with Crippen LogP contribution < -0.4 is 15.4 Å². The Morgan fingerprint density at radius 1 is 0.974 bits per heavy atom. The summed E-state index contributed by atoms with van der Waals surface area (Å²) in [6.45, 7) is 2.69. The van der Waals surface area contributed by atoms with Crippen molar-refractivity contribution >= 4 is 16.6 Å². The predicted octanol–water partition coefficient (Wildman–Crippen LogP) is 4.65. The fourth-order valence-corrected chi connectivity index (χ4v) is 4.05. The predicted molar refractivity (Wildman–Crippen MR) is 136 cm³/mol. The minimum Gasteiger partial charge on any atom is -0.406 e. The highest BCUT2D eigenvalue weighted by molar-refractivity contribution is 5.95. The molecule has 0 aliphatic carbocycles. The number of ether oxygens (including phenoxy) is 2. The van der Waals surface area contributed by atoms with E-state index in [9.17, 15) is 13.2 Å². The Labute approximate surface area is 217 Å². The lowest BCUT2D eigenvalue weighted by Gasteiger charge is -2.13. The van der Waals surface area contributed by atoms with Crippen molar-refractivity contribution in [2.24, 2.45) is 0 Å². The third-order valence-corrected chi connectivity index (χ3v) is 5.77. The maximum Gasteiger partial charge on any atom is 0.573 e.